The Bertz CT molecular complexity index is 876. The summed E-state index contributed by atoms with van der Waals surface area (Å²) in [5.74, 6) is -0.319. The summed E-state index contributed by atoms with van der Waals surface area (Å²) < 4.78 is 30.1. The Morgan fingerprint density at radius 1 is 1.31 bits per heavy atom. The van der Waals surface area contributed by atoms with Crippen molar-refractivity contribution in [1.29, 1.82) is 0 Å². The lowest BCUT2D eigenvalue weighted by Crippen LogP contribution is -2.43. The maximum absolute atomic E-state index is 12.4. The van der Waals surface area contributed by atoms with Gasteiger partial charge in [0.1, 0.15) is 0 Å². The Morgan fingerprint density at radius 2 is 2.04 bits per heavy atom. The summed E-state index contributed by atoms with van der Waals surface area (Å²) in [5, 5.41) is 10.4. The monoisotopic (exact) mass is 378 g/mol. The lowest BCUT2D eigenvalue weighted by molar-refractivity contribution is -0.121. The molecule has 9 heteroatoms. The zero-order valence-corrected chi connectivity index (χ0v) is 15.6. The Hall–Kier alpha value is -2.26. The Kier molecular flexibility index (Phi) is 5.38. The van der Waals surface area contributed by atoms with Gasteiger partial charge >= 0.3 is 6.01 Å². The van der Waals surface area contributed by atoms with Gasteiger partial charge in [0.25, 0.3) is 0 Å². The van der Waals surface area contributed by atoms with Crippen molar-refractivity contribution in [2.75, 3.05) is 24.7 Å². The van der Waals surface area contributed by atoms with E-state index in [1.807, 2.05) is 31.2 Å². The second-order valence-electron chi connectivity index (χ2n) is 6.61. The molecule has 1 atom stereocenters. The number of aryl methyl sites for hydroxylation is 1. The number of sulfonamides is 1. The van der Waals surface area contributed by atoms with Crippen molar-refractivity contribution in [3.05, 3.63) is 41.3 Å². The molecule has 3 rings (SSSR count). The zero-order valence-electron chi connectivity index (χ0n) is 14.8. The molecule has 1 N–H and O–H groups in total. The molecule has 26 heavy (non-hydrogen) atoms. The van der Waals surface area contributed by atoms with Gasteiger partial charge in [0.05, 0.1) is 18.6 Å². The van der Waals surface area contributed by atoms with Gasteiger partial charge in [-0.25, -0.2) is 12.7 Å². The van der Waals surface area contributed by atoms with Crippen molar-refractivity contribution in [2.45, 2.75) is 26.2 Å². The van der Waals surface area contributed by atoms with Crippen LogP contribution in [0.1, 0.15) is 29.9 Å². The number of aromatic nitrogens is 2. The second kappa shape index (κ2) is 7.55. The lowest BCUT2D eigenvalue weighted by Gasteiger charge is -2.29. The van der Waals surface area contributed by atoms with Gasteiger partial charge in [0, 0.05) is 13.1 Å². The average Bonchev–Trinajstić information content (AvgIpc) is 3.03. The van der Waals surface area contributed by atoms with Gasteiger partial charge in [0.15, 0.2) is 0 Å². The van der Waals surface area contributed by atoms with E-state index in [9.17, 15) is 13.2 Å². The van der Waals surface area contributed by atoms with E-state index in [2.05, 4.69) is 15.5 Å². The van der Waals surface area contributed by atoms with E-state index >= 15 is 0 Å². The maximum atomic E-state index is 12.4. The number of hydrogen-bond donors (Lipinski definition) is 1. The minimum atomic E-state index is -3.30. The van der Waals surface area contributed by atoms with E-state index in [0.717, 1.165) is 11.8 Å². The van der Waals surface area contributed by atoms with E-state index < -0.39 is 15.9 Å². The van der Waals surface area contributed by atoms with Crippen molar-refractivity contribution in [3.8, 4) is 0 Å². The van der Waals surface area contributed by atoms with Crippen LogP contribution in [0.3, 0.4) is 0 Å². The number of anilines is 1. The summed E-state index contributed by atoms with van der Waals surface area (Å²) in [6.45, 7) is 2.64. The lowest BCUT2D eigenvalue weighted by atomic mass is 9.99. The Labute approximate surface area is 152 Å². The molecule has 1 aromatic heterocycles. The number of hydrogen-bond acceptors (Lipinski definition) is 6. The van der Waals surface area contributed by atoms with Crippen LogP contribution in [0.5, 0.6) is 0 Å². The first-order valence-corrected chi connectivity index (χ1v) is 10.3. The van der Waals surface area contributed by atoms with Gasteiger partial charge in [-0.2, -0.15) is 0 Å². The predicted octanol–water partition coefficient (Wildman–Crippen LogP) is 1.58. The van der Waals surface area contributed by atoms with Crippen molar-refractivity contribution in [2.24, 2.45) is 5.92 Å². The summed E-state index contributed by atoms with van der Waals surface area (Å²) >= 11 is 0. The fourth-order valence-corrected chi connectivity index (χ4v) is 3.83. The molecule has 8 nitrogen and oxygen atoms in total. The highest BCUT2D eigenvalue weighted by Gasteiger charge is 2.30. The minimum absolute atomic E-state index is 0.0357. The van der Waals surface area contributed by atoms with E-state index in [1.165, 1.54) is 9.87 Å². The minimum Gasteiger partial charge on any atom is -0.407 e. The molecule has 1 saturated heterocycles. The van der Waals surface area contributed by atoms with Crippen LogP contribution in [-0.2, 0) is 21.2 Å². The number of piperidine rings is 1. The summed E-state index contributed by atoms with van der Waals surface area (Å²) in [4.78, 5) is 12.4. The number of nitrogens with one attached hydrogen (secondary N) is 1. The molecule has 1 aromatic carbocycles. The number of rotatable bonds is 5. The summed E-state index contributed by atoms with van der Waals surface area (Å²) in [7, 11) is -3.30. The van der Waals surface area contributed by atoms with E-state index in [4.69, 9.17) is 4.42 Å². The van der Waals surface area contributed by atoms with E-state index in [1.54, 1.807) is 0 Å². The van der Waals surface area contributed by atoms with Gasteiger partial charge in [-0.15, -0.1) is 5.10 Å². The zero-order chi connectivity index (χ0) is 18.7. The largest absolute Gasteiger partial charge is 0.407 e. The smallest absolute Gasteiger partial charge is 0.322 e. The van der Waals surface area contributed by atoms with E-state index in [-0.39, 0.29) is 18.5 Å². The molecule has 1 aliphatic rings. The van der Waals surface area contributed by atoms with Gasteiger partial charge in [-0.1, -0.05) is 34.9 Å². The molecule has 1 aliphatic heterocycles. The maximum Gasteiger partial charge on any atom is 0.322 e. The third-order valence-electron chi connectivity index (χ3n) is 4.40. The van der Waals surface area contributed by atoms with Crippen LogP contribution in [0.2, 0.25) is 0 Å². The summed E-state index contributed by atoms with van der Waals surface area (Å²) in [6.07, 6.45) is 2.91. The number of carbonyl (C=O) groups is 1. The molecule has 0 spiro atoms. The molecule has 1 amide bonds. The standard InChI is InChI=1S/C17H22N4O4S/c1-12-5-7-13(8-6-12)10-15-19-20-17(25-15)18-16(22)14-4-3-9-21(11-14)26(2,23)24/h5-8,14H,3-4,9-11H2,1-2H3,(H,18,20,22)/t14-/m0/s1. The second-order valence-corrected chi connectivity index (χ2v) is 8.60. The molecule has 0 radical (unpaired) electrons. The van der Waals surface area contributed by atoms with Crippen LogP contribution in [-0.4, -0.2) is 48.2 Å². The SMILES string of the molecule is Cc1ccc(Cc2nnc(NC(=O)[C@H]3CCCN(S(C)(=O)=O)C3)o2)cc1. The first-order chi connectivity index (χ1) is 12.3. The molecule has 2 heterocycles. The number of benzene rings is 1. The molecule has 1 fully saturated rings. The van der Waals surface area contributed by atoms with E-state index in [0.29, 0.717) is 31.7 Å². The highest BCUT2D eigenvalue weighted by molar-refractivity contribution is 7.88. The Morgan fingerprint density at radius 3 is 2.73 bits per heavy atom. The van der Waals surface area contributed by atoms with Crippen LogP contribution in [0.15, 0.2) is 28.7 Å². The fraction of sp³-hybridized carbons (Fsp3) is 0.471. The Balaban J connectivity index is 1.59. The first kappa shape index (κ1) is 18.5. The number of carbonyl (C=O) groups excluding carboxylic acids is 1. The van der Waals surface area contributed by atoms with Gasteiger partial charge in [-0.3, -0.25) is 10.1 Å². The van der Waals surface area contributed by atoms with Crippen LogP contribution in [0.4, 0.5) is 6.01 Å². The van der Waals surface area contributed by atoms with Crippen LogP contribution in [0, 0.1) is 12.8 Å². The summed E-state index contributed by atoms with van der Waals surface area (Å²) in [6, 6.07) is 8.02. The quantitative estimate of drug-likeness (QED) is 0.847. The van der Waals surface area contributed by atoms with Gasteiger partial charge in [-0.05, 0) is 25.3 Å². The molecule has 0 aliphatic carbocycles. The molecule has 2 aromatic rings. The summed E-state index contributed by atoms with van der Waals surface area (Å²) in [5.41, 5.74) is 2.20. The highest BCUT2D eigenvalue weighted by Crippen LogP contribution is 2.20. The molecule has 0 unspecified atom stereocenters. The normalized spacial score (nSPS) is 18.6. The molecular formula is C17H22N4O4S. The van der Waals surface area contributed by atoms with Crippen LogP contribution in [0.25, 0.3) is 0 Å². The third-order valence-corrected chi connectivity index (χ3v) is 5.67. The molecule has 0 bridgehead atoms. The van der Waals surface area contributed by atoms with Crippen molar-refractivity contribution < 1.29 is 17.6 Å². The molecule has 140 valence electrons. The van der Waals surface area contributed by atoms with Gasteiger partial charge < -0.3 is 4.42 Å². The average molecular weight is 378 g/mol. The van der Waals surface area contributed by atoms with Crippen LogP contribution < -0.4 is 5.32 Å². The van der Waals surface area contributed by atoms with Crippen molar-refractivity contribution >= 4 is 21.9 Å². The topological polar surface area (TPSA) is 105 Å². The molecular weight excluding hydrogens is 356 g/mol. The fourth-order valence-electron chi connectivity index (χ4n) is 2.92. The first-order valence-electron chi connectivity index (χ1n) is 8.45. The predicted molar refractivity (Wildman–Crippen MR) is 96.1 cm³/mol. The van der Waals surface area contributed by atoms with Crippen molar-refractivity contribution in [3.63, 3.8) is 0 Å². The number of amides is 1. The van der Waals surface area contributed by atoms with Crippen molar-refractivity contribution in [1.82, 2.24) is 14.5 Å². The van der Waals surface area contributed by atoms with Crippen LogP contribution >= 0.6 is 0 Å². The third kappa shape index (κ3) is 4.67. The molecule has 0 saturated carbocycles. The van der Waals surface area contributed by atoms with Gasteiger partial charge in [0.2, 0.25) is 21.8 Å². The number of nitrogens with zero attached hydrogens (tertiary/aromatic N) is 3. The highest BCUT2D eigenvalue weighted by atomic mass is 32.2.